The van der Waals surface area contributed by atoms with E-state index in [1.54, 1.807) is 0 Å². The Labute approximate surface area is 113 Å². The van der Waals surface area contributed by atoms with E-state index in [1.807, 2.05) is 24.3 Å². The molecule has 0 aliphatic carbocycles. The molecule has 0 saturated carbocycles. The van der Waals surface area contributed by atoms with Gasteiger partial charge in [-0.25, -0.2) is 9.97 Å². The molecule has 1 heterocycles. The van der Waals surface area contributed by atoms with Crippen LogP contribution in [0.15, 0.2) is 36.4 Å². The van der Waals surface area contributed by atoms with Crippen LogP contribution in [0.2, 0.25) is 5.15 Å². The molecule has 0 radical (unpaired) electrons. The third-order valence-corrected chi connectivity index (χ3v) is 2.81. The van der Waals surface area contributed by atoms with Gasteiger partial charge in [-0.05, 0) is 24.0 Å². The minimum atomic E-state index is 0.534. The van der Waals surface area contributed by atoms with Crippen LogP contribution in [-0.4, -0.2) is 9.97 Å². The lowest BCUT2D eigenvalue weighted by Crippen LogP contribution is -2.03. The molecule has 3 heteroatoms. The second kappa shape index (κ2) is 5.96. The summed E-state index contributed by atoms with van der Waals surface area (Å²) >= 11 is 6.05. The fourth-order valence-electron chi connectivity index (χ4n) is 1.90. The van der Waals surface area contributed by atoms with Crippen molar-refractivity contribution in [2.24, 2.45) is 5.92 Å². The Bertz CT molecular complexity index is 509. The molecule has 0 saturated heterocycles. The molecule has 2 aromatic rings. The van der Waals surface area contributed by atoms with Gasteiger partial charge in [0.05, 0.1) is 0 Å². The van der Waals surface area contributed by atoms with Crippen molar-refractivity contribution in [3.05, 3.63) is 58.6 Å². The molecule has 94 valence electrons. The van der Waals surface area contributed by atoms with Crippen LogP contribution in [0.4, 0.5) is 0 Å². The van der Waals surface area contributed by atoms with Crippen LogP contribution in [0.1, 0.15) is 30.9 Å². The van der Waals surface area contributed by atoms with E-state index in [9.17, 15) is 0 Å². The van der Waals surface area contributed by atoms with Gasteiger partial charge in [-0.2, -0.15) is 0 Å². The maximum atomic E-state index is 6.05. The average molecular weight is 261 g/mol. The molecular formula is C15H17ClN2. The van der Waals surface area contributed by atoms with Crippen LogP contribution >= 0.6 is 11.6 Å². The van der Waals surface area contributed by atoms with Gasteiger partial charge in [0.15, 0.2) is 0 Å². The summed E-state index contributed by atoms with van der Waals surface area (Å²) in [6, 6.07) is 12.1. The van der Waals surface area contributed by atoms with E-state index in [4.69, 9.17) is 11.6 Å². The van der Waals surface area contributed by atoms with Crippen LogP contribution in [0, 0.1) is 5.92 Å². The number of rotatable bonds is 4. The van der Waals surface area contributed by atoms with Gasteiger partial charge in [0, 0.05) is 12.1 Å². The summed E-state index contributed by atoms with van der Waals surface area (Å²) in [7, 11) is 0. The van der Waals surface area contributed by atoms with Gasteiger partial charge in [0.1, 0.15) is 11.0 Å². The number of aromatic nitrogens is 2. The van der Waals surface area contributed by atoms with Crippen molar-refractivity contribution in [2.75, 3.05) is 0 Å². The highest BCUT2D eigenvalue weighted by atomic mass is 35.5. The summed E-state index contributed by atoms with van der Waals surface area (Å²) in [5.74, 6) is 1.37. The molecule has 0 fully saturated rings. The second-order valence-corrected chi connectivity index (χ2v) is 5.25. The Balaban J connectivity index is 2.20. The lowest BCUT2D eigenvalue weighted by molar-refractivity contribution is 0.631. The van der Waals surface area contributed by atoms with E-state index in [0.29, 0.717) is 11.1 Å². The minimum absolute atomic E-state index is 0.534. The smallest absolute Gasteiger partial charge is 0.134 e. The summed E-state index contributed by atoms with van der Waals surface area (Å²) in [5.41, 5.74) is 2.23. The van der Waals surface area contributed by atoms with Gasteiger partial charge in [0.25, 0.3) is 0 Å². The van der Waals surface area contributed by atoms with Crippen molar-refractivity contribution in [3.8, 4) is 0 Å². The topological polar surface area (TPSA) is 25.8 Å². The fourth-order valence-corrected chi connectivity index (χ4v) is 2.12. The highest BCUT2D eigenvalue weighted by molar-refractivity contribution is 6.29. The highest BCUT2D eigenvalue weighted by Crippen LogP contribution is 2.13. The van der Waals surface area contributed by atoms with E-state index in [2.05, 4.69) is 35.9 Å². The first-order chi connectivity index (χ1) is 8.63. The molecule has 2 rings (SSSR count). The van der Waals surface area contributed by atoms with Crippen LogP contribution in [0.3, 0.4) is 0 Å². The number of benzene rings is 1. The van der Waals surface area contributed by atoms with E-state index in [0.717, 1.165) is 24.4 Å². The summed E-state index contributed by atoms with van der Waals surface area (Å²) in [4.78, 5) is 8.86. The maximum Gasteiger partial charge on any atom is 0.134 e. The molecule has 0 amide bonds. The lowest BCUT2D eigenvalue weighted by atomic mass is 10.1. The van der Waals surface area contributed by atoms with Crippen LogP contribution in [0.25, 0.3) is 0 Å². The van der Waals surface area contributed by atoms with E-state index < -0.39 is 0 Å². The fraction of sp³-hybridized carbons (Fsp3) is 0.333. The predicted molar refractivity (Wildman–Crippen MR) is 74.8 cm³/mol. The Morgan fingerprint density at radius 2 is 1.83 bits per heavy atom. The van der Waals surface area contributed by atoms with E-state index in [-0.39, 0.29) is 0 Å². The molecule has 2 nitrogen and oxygen atoms in total. The third kappa shape index (κ3) is 3.81. The molecule has 1 aromatic carbocycles. The zero-order valence-electron chi connectivity index (χ0n) is 10.7. The zero-order valence-corrected chi connectivity index (χ0v) is 11.5. The van der Waals surface area contributed by atoms with Gasteiger partial charge in [-0.1, -0.05) is 55.8 Å². The number of halogens is 1. The quantitative estimate of drug-likeness (QED) is 0.779. The van der Waals surface area contributed by atoms with Gasteiger partial charge in [0.2, 0.25) is 0 Å². The van der Waals surface area contributed by atoms with Crippen LogP contribution < -0.4 is 0 Å². The van der Waals surface area contributed by atoms with Gasteiger partial charge in [-0.15, -0.1) is 0 Å². The molecule has 0 bridgehead atoms. The summed E-state index contributed by atoms with van der Waals surface area (Å²) in [6.07, 6.45) is 1.66. The Morgan fingerprint density at radius 3 is 2.50 bits per heavy atom. The monoisotopic (exact) mass is 260 g/mol. The molecule has 18 heavy (non-hydrogen) atoms. The lowest BCUT2D eigenvalue weighted by Gasteiger charge is -2.07. The normalized spacial score (nSPS) is 10.9. The first-order valence-corrected chi connectivity index (χ1v) is 6.57. The molecule has 0 N–H and O–H groups in total. The number of nitrogens with zero attached hydrogens (tertiary/aromatic N) is 2. The summed E-state index contributed by atoms with van der Waals surface area (Å²) in [5, 5.41) is 0.534. The molecular weight excluding hydrogens is 244 g/mol. The molecule has 0 spiro atoms. The molecule has 0 unspecified atom stereocenters. The highest BCUT2D eigenvalue weighted by Gasteiger charge is 2.06. The van der Waals surface area contributed by atoms with E-state index >= 15 is 0 Å². The first-order valence-electron chi connectivity index (χ1n) is 6.20. The van der Waals surface area contributed by atoms with Crippen LogP contribution in [-0.2, 0) is 12.8 Å². The zero-order chi connectivity index (χ0) is 13.0. The largest absolute Gasteiger partial charge is 0.237 e. The van der Waals surface area contributed by atoms with Gasteiger partial charge < -0.3 is 0 Å². The number of hydrogen-bond donors (Lipinski definition) is 0. The minimum Gasteiger partial charge on any atom is -0.237 e. The third-order valence-electron chi connectivity index (χ3n) is 2.62. The molecule has 0 aliphatic heterocycles. The summed E-state index contributed by atoms with van der Waals surface area (Å²) in [6.45, 7) is 4.35. The Kier molecular flexibility index (Phi) is 4.32. The number of hydrogen-bond acceptors (Lipinski definition) is 2. The van der Waals surface area contributed by atoms with Crippen molar-refractivity contribution in [1.29, 1.82) is 0 Å². The Morgan fingerprint density at radius 1 is 1.11 bits per heavy atom. The molecule has 0 aliphatic rings. The first kappa shape index (κ1) is 13.0. The average Bonchev–Trinajstić information content (AvgIpc) is 2.28. The van der Waals surface area contributed by atoms with Crippen molar-refractivity contribution in [2.45, 2.75) is 26.7 Å². The van der Waals surface area contributed by atoms with Crippen LogP contribution in [0.5, 0.6) is 0 Å². The SMILES string of the molecule is CC(C)Cc1cc(Cl)nc(Cc2ccccc2)n1. The van der Waals surface area contributed by atoms with Gasteiger partial charge >= 0.3 is 0 Å². The van der Waals surface area contributed by atoms with Crippen molar-refractivity contribution >= 4 is 11.6 Å². The molecule has 0 atom stereocenters. The summed E-state index contributed by atoms with van der Waals surface area (Å²) < 4.78 is 0. The van der Waals surface area contributed by atoms with E-state index in [1.165, 1.54) is 5.56 Å². The van der Waals surface area contributed by atoms with Crippen molar-refractivity contribution in [3.63, 3.8) is 0 Å². The second-order valence-electron chi connectivity index (χ2n) is 4.86. The maximum absolute atomic E-state index is 6.05. The standard InChI is InChI=1S/C15H17ClN2/c1-11(2)8-13-10-14(16)18-15(17-13)9-12-6-4-3-5-7-12/h3-7,10-11H,8-9H2,1-2H3. The van der Waals surface area contributed by atoms with Gasteiger partial charge in [-0.3, -0.25) is 0 Å². The Hall–Kier alpha value is -1.41. The van der Waals surface area contributed by atoms with Crippen molar-refractivity contribution in [1.82, 2.24) is 9.97 Å². The predicted octanol–water partition coefficient (Wildman–Crippen LogP) is 3.92. The molecule has 1 aromatic heterocycles. The van der Waals surface area contributed by atoms with Crippen molar-refractivity contribution < 1.29 is 0 Å².